The zero-order valence-corrected chi connectivity index (χ0v) is 11.7. The van der Waals surface area contributed by atoms with Crippen molar-refractivity contribution in [3.05, 3.63) is 30.3 Å². The van der Waals surface area contributed by atoms with Gasteiger partial charge in [0.05, 0.1) is 23.6 Å². The lowest BCUT2D eigenvalue weighted by Gasteiger charge is -2.07. The zero-order valence-electron chi connectivity index (χ0n) is 10.9. The summed E-state index contributed by atoms with van der Waals surface area (Å²) in [6.45, 7) is 2.49. The van der Waals surface area contributed by atoms with E-state index in [1.807, 2.05) is 13.0 Å². The normalized spacial score (nSPS) is 21.9. The lowest BCUT2D eigenvalue weighted by Crippen LogP contribution is -2.18. The van der Waals surface area contributed by atoms with Gasteiger partial charge in [-0.15, -0.1) is 0 Å². The van der Waals surface area contributed by atoms with Gasteiger partial charge in [0, 0.05) is 0 Å². The number of nitrogens with zero attached hydrogens (tertiary/aromatic N) is 4. The molecule has 20 heavy (non-hydrogen) atoms. The Balaban J connectivity index is 1.89. The van der Waals surface area contributed by atoms with Crippen molar-refractivity contribution in [2.75, 3.05) is 12.4 Å². The van der Waals surface area contributed by atoms with Gasteiger partial charge in [-0.2, -0.15) is 4.68 Å². The van der Waals surface area contributed by atoms with Crippen LogP contribution in [0.25, 0.3) is 5.69 Å². The minimum atomic E-state index is -3.54. The van der Waals surface area contributed by atoms with E-state index < -0.39 is 9.84 Å². The highest BCUT2D eigenvalue weighted by molar-refractivity contribution is 7.91. The Labute approximate surface area is 116 Å². The van der Waals surface area contributed by atoms with E-state index >= 15 is 0 Å². The molecule has 0 saturated carbocycles. The second-order valence-corrected chi connectivity index (χ2v) is 7.02. The summed E-state index contributed by atoms with van der Waals surface area (Å²) in [6.07, 6.45) is 0.441. The second kappa shape index (κ2) is 4.64. The molecule has 1 saturated heterocycles. The van der Waals surface area contributed by atoms with Crippen molar-refractivity contribution in [2.45, 2.75) is 24.1 Å². The number of rotatable bonds is 5. The van der Waals surface area contributed by atoms with Crippen molar-refractivity contribution in [1.29, 1.82) is 0 Å². The summed E-state index contributed by atoms with van der Waals surface area (Å²) in [5.41, 5.74) is 0.308. The van der Waals surface area contributed by atoms with Crippen LogP contribution in [0.2, 0.25) is 0 Å². The van der Waals surface area contributed by atoms with E-state index in [-0.39, 0.29) is 16.5 Å². The topological polar surface area (TPSA) is 90.3 Å². The van der Waals surface area contributed by atoms with Crippen molar-refractivity contribution >= 4 is 9.84 Å². The van der Waals surface area contributed by atoms with Gasteiger partial charge < -0.3 is 4.74 Å². The van der Waals surface area contributed by atoms with Gasteiger partial charge in [-0.25, -0.2) is 8.42 Å². The molecule has 0 amide bonds. The van der Waals surface area contributed by atoms with E-state index in [9.17, 15) is 8.42 Å². The van der Waals surface area contributed by atoms with Gasteiger partial charge >= 0.3 is 0 Å². The van der Waals surface area contributed by atoms with Gasteiger partial charge in [0.25, 0.3) is 5.16 Å². The van der Waals surface area contributed by atoms with Crippen LogP contribution < -0.4 is 0 Å². The van der Waals surface area contributed by atoms with Gasteiger partial charge in [0.2, 0.25) is 9.84 Å². The third-order valence-electron chi connectivity index (χ3n) is 3.26. The largest absolute Gasteiger partial charge is 0.370 e. The van der Waals surface area contributed by atoms with Gasteiger partial charge in [-0.3, -0.25) is 0 Å². The van der Waals surface area contributed by atoms with Crippen LogP contribution in [-0.2, 0) is 14.6 Å². The molecule has 1 atom stereocenters. The maximum atomic E-state index is 12.3. The molecule has 1 unspecified atom stereocenters. The first-order chi connectivity index (χ1) is 9.50. The minimum absolute atomic E-state index is 0.0310. The molecule has 1 aromatic heterocycles. The molecule has 8 heteroatoms. The molecule has 0 bridgehead atoms. The Morgan fingerprint density at radius 3 is 2.70 bits per heavy atom. The van der Waals surface area contributed by atoms with Crippen LogP contribution in [0.15, 0.2) is 35.5 Å². The molecule has 7 nitrogen and oxygen atoms in total. The summed E-state index contributed by atoms with van der Waals surface area (Å²) in [4.78, 5) is 0. The molecule has 1 aromatic carbocycles. The predicted octanol–water partition coefficient (Wildman–Crippen LogP) is 0.615. The first kappa shape index (κ1) is 13.2. The fourth-order valence-electron chi connectivity index (χ4n) is 1.81. The fraction of sp³-hybridized carbons (Fsp3) is 0.417. The lowest BCUT2D eigenvalue weighted by molar-refractivity contribution is 0.317. The maximum Gasteiger partial charge on any atom is 0.272 e. The number of sulfone groups is 1. The highest BCUT2D eigenvalue weighted by Crippen LogP contribution is 2.30. The standard InChI is InChI=1S/C12H14N4O3S/c1-12(9-19-12)7-8-20(17,18)11-13-14-15-16(11)10-5-3-2-4-6-10/h2-6H,7-9H2,1H3. The van der Waals surface area contributed by atoms with Crippen LogP contribution in [0.4, 0.5) is 0 Å². The van der Waals surface area contributed by atoms with Crippen LogP contribution in [0.3, 0.4) is 0 Å². The van der Waals surface area contributed by atoms with Crippen molar-refractivity contribution in [3.8, 4) is 5.69 Å². The Hall–Kier alpha value is -1.80. The van der Waals surface area contributed by atoms with Gasteiger partial charge in [0.15, 0.2) is 0 Å². The summed E-state index contributed by atoms with van der Waals surface area (Å²) in [6, 6.07) is 8.94. The molecule has 0 N–H and O–H groups in total. The number of para-hydroxylation sites is 1. The number of epoxide rings is 1. The number of aromatic nitrogens is 4. The summed E-state index contributed by atoms with van der Waals surface area (Å²) in [5.74, 6) is -0.0310. The highest BCUT2D eigenvalue weighted by atomic mass is 32.2. The number of ether oxygens (including phenoxy) is 1. The van der Waals surface area contributed by atoms with E-state index in [0.29, 0.717) is 18.7 Å². The number of tetrazole rings is 1. The summed E-state index contributed by atoms with van der Waals surface area (Å²) < 4.78 is 31.1. The predicted molar refractivity (Wildman–Crippen MR) is 70.2 cm³/mol. The van der Waals surface area contributed by atoms with E-state index in [1.165, 1.54) is 4.68 Å². The molecule has 1 aliphatic rings. The molecule has 0 spiro atoms. The van der Waals surface area contributed by atoms with Crippen LogP contribution in [0, 0.1) is 0 Å². The number of benzene rings is 1. The van der Waals surface area contributed by atoms with Gasteiger partial charge in [-0.1, -0.05) is 23.3 Å². The maximum absolute atomic E-state index is 12.3. The molecule has 1 aliphatic heterocycles. The Kier molecular flexibility index (Phi) is 3.06. The second-order valence-electron chi connectivity index (χ2n) is 5.02. The molecule has 1 fully saturated rings. The SMILES string of the molecule is CC1(CCS(=O)(=O)c2nnnn2-c2ccccc2)CO1. The number of hydrogen-bond acceptors (Lipinski definition) is 6. The van der Waals surface area contributed by atoms with E-state index in [1.54, 1.807) is 24.3 Å². The molecular formula is C12H14N4O3S. The monoisotopic (exact) mass is 294 g/mol. The van der Waals surface area contributed by atoms with Crippen LogP contribution >= 0.6 is 0 Å². The number of hydrogen-bond donors (Lipinski definition) is 0. The zero-order chi connectivity index (χ0) is 14.2. The smallest absolute Gasteiger partial charge is 0.272 e. The lowest BCUT2D eigenvalue weighted by atomic mass is 10.1. The highest BCUT2D eigenvalue weighted by Gasteiger charge is 2.40. The van der Waals surface area contributed by atoms with Gasteiger partial charge in [-0.05, 0) is 35.9 Å². The Morgan fingerprint density at radius 1 is 1.35 bits per heavy atom. The molecule has 0 radical (unpaired) electrons. The quantitative estimate of drug-likeness (QED) is 0.751. The van der Waals surface area contributed by atoms with Crippen molar-refractivity contribution < 1.29 is 13.2 Å². The average molecular weight is 294 g/mol. The summed E-state index contributed by atoms with van der Waals surface area (Å²) in [5, 5.41) is 10.8. The third-order valence-corrected chi connectivity index (χ3v) is 4.81. The van der Waals surface area contributed by atoms with Crippen molar-refractivity contribution in [2.24, 2.45) is 0 Å². The van der Waals surface area contributed by atoms with Crippen LogP contribution in [-0.4, -0.2) is 46.6 Å². The minimum Gasteiger partial charge on any atom is -0.370 e. The molecule has 3 rings (SSSR count). The summed E-state index contributed by atoms with van der Waals surface area (Å²) >= 11 is 0. The van der Waals surface area contributed by atoms with Crippen LogP contribution in [0.1, 0.15) is 13.3 Å². The molecular weight excluding hydrogens is 280 g/mol. The molecule has 2 aromatic rings. The summed E-state index contributed by atoms with van der Waals surface area (Å²) in [7, 11) is -3.54. The Bertz CT molecular complexity index is 707. The molecule has 0 aliphatic carbocycles. The van der Waals surface area contributed by atoms with E-state index in [2.05, 4.69) is 15.5 Å². The third kappa shape index (κ3) is 2.56. The molecule has 106 valence electrons. The van der Waals surface area contributed by atoms with Crippen molar-refractivity contribution in [1.82, 2.24) is 20.2 Å². The fourth-order valence-corrected chi connectivity index (χ4v) is 3.26. The first-order valence-corrected chi connectivity index (χ1v) is 7.86. The van der Waals surface area contributed by atoms with E-state index in [4.69, 9.17) is 4.74 Å². The average Bonchev–Trinajstić information content (AvgIpc) is 2.99. The van der Waals surface area contributed by atoms with Gasteiger partial charge in [0.1, 0.15) is 0 Å². The molecule has 2 heterocycles. The van der Waals surface area contributed by atoms with Crippen LogP contribution in [0.5, 0.6) is 0 Å². The Morgan fingerprint density at radius 2 is 2.05 bits per heavy atom. The van der Waals surface area contributed by atoms with E-state index in [0.717, 1.165) is 0 Å². The van der Waals surface area contributed by atoms with Crippen molar-refractivity contribution in [3.63, 3.8) is 0 Å². The first-order valence-electron chi connectivity index (χ1n) is 6.21.